The van der Waals surface area contributed by atoms with Gasteiger partial charge < -0.3 is 25.1 Å². The zero-order chi connectivity index (χ0) is 22.4. The fourth-order valence-electron chi connectivity index (χ4n) is 4.28. The molecule has 4 aromatic rings. The first-order valence-corrected chi connectivity index (χ1v) is 10.3. The van der Waals surface area contributed by atoms with Gasteiger partial charge >= 0.3 is 0 Å². The third-order valence-corrected chi connectivity index (χ3v) is 5.99. The summed E-state index contributed by atoms with van der Waals surface area (Å²) in [5, 5.41) is 0.0437. The first-order valence-electron chi connectivity index (χ1n) is 9.93. The maximum atomic E-state index is 15.3. The maximum absolute atomic E-state index is 15.3. The van der Waals surface area contributed by atoms with Crippen LogP contribution in [0.1, 0.15) is 22.7 Å². The molecule has 5 rings (SSSR count). The highest BCUT2D eigenvalue weighted by Crippen LogP contribution is 2.44. The van der Waals surface area contributed by atoms with E-state index in [9.17, 15) is 0 Å². The summed E-state index contributed by atoms with van der Waals surface area (Å²) in [5.41, 5.74) is 9.32. The van der Waals surface area contributed by atoms with Crippen LogP contribution in [-0.2, 0) is 6.42 Å². The Morgan fingerprint density at radius 3 is 2.72 bits per heavy atom. The molecule has 0 amide bonds. The van der Waals surface area contributed by atoms with Crippen LogP contribution in [-0.4, -0.2) is 40.7 Å². The average molecular weight is 455 g/mol. The minimum Gasteiger partial charge on any atom is -0.493 e. The van der Waals surface area contributed by atoms with Gasteiger partial charge in [0.25, 0.3) is 0 Å². The number of H-pyrrole nitrogens is 1. The second-order valence-electron chi connectivity index (χ2n) is 7.40. The number of benzene rings is 2. The first-order chi connectivity index (χ1) is 15.5. The van der Waals surface area contributed by atoms with Gasteiger partial charge in [-0.3, -0.25) is 0 Å². The van der Waals surface area contributed by atoms with Gasteiger partial charge in [0.2, 0.25) is 5.95 Å². The summed E-state index contributed by atoms with van der Waals surface area (Å²) < 4.78 is 26.3. The predicted molar refractivity (Wildman–Crippen MR) is 120 cm³/mol. The number of ether oxygens (including phenoxy) is 2. The fourth-order valence-corrected chi connectivity index (χ4v) is 4.46. The Labute approximate surface area is 188 Å². The molecule has 0 spiro atoms. The third-order valence-electron chi connectivity index (χ3n) is 5.70. The van der Waals surface area contributed by atoms with Gasteiger partial charge in [0.05, 0.1) is 31.6 Å². The van der Waals surface area contributed by atoms with Crippen LogP contribution in [0.4, 0.5) is 16.2 Å². The van der Waals surface area contributed by atoms with Crippen LogP contribution in [0.3, 0.4) is 0 Å². The highest BCUT2D eigenvalue weighted by Gasteiger charge is 2.35. The third kappa shape index (κ3) is 3.16. The largest absolute Gasteiger partial charge is 0.493 e. The van der Waals surface area contributed by atoms with Crippen LogP contribution in [0.2, 0.25) is 5.02 Å². The number of hydrogen-bond donors (Lipinski definition) is 2. The molecular weight excluding hydrogens is 435 g/mol. The molecule has 164 valence electrons. The van der Waals surface area contributed by atoms with Crippen LogP contribution < -0.4 is 20.1 Å². The Morgan fingerprint density at radius 2 is 1.94 bits per heavy atom. The maximum Gasteiger partial charge on any atom is 0.224 e. The molecule has 2 aromatic heterocycles. The molecule has 10 heteroatoms. The van der Waals surface area contributed by atoms with E-state index in [0.29, 0.717) is 47.0 Å². The summed E-state index contributed by atoms with van der Waals surface area (Å²) in [4.78, 5) is 18.0. The van der Waals surface area contributed by atoms with Crippen molar-refractivity contribution in [1.82, 2.24) is 19.9 Å². The molecule has 0 saturated heterocycles. The Bertz CT molecular complexity index is 1330. The molecule has 1 aliphatic heterocycles. The molecular formula is C22H20ClFN6O2. The Kier molecular flexibility index (Phi) is 4.97. The second-order valence-corrected chi connectivity index (χ2v) is 7.81. The van der Waals surface area contributed by atoms with Crippen molar-refractivity contribution in [2.24, 2.45) is 0 Å². The van der Waals surface area contributed by atoms with Gasteiger partial charge in [0.1, 0.15) is 5.82 Å². The van der Waals surface area contributed by atoms with Crippen molar-refractivity contribution in [3.05, 3.63) is 64.2 Å². The highest BCUT2D eigenvalue weighted by molar-refractivity contribution is 6.30. The average Bonchev–Trinajstić information content (AvgIpc) is 3.27. The molecule has 1 atom stereocenters. The highest BCUT2D eigenvalue weighted by atomic mass is 35.5. The number of nitrogen functional groups attached to an aromatic ring is 1. The number of nitrogens with one attached hydrogen (secondary N) is 1. The summed E-state index contributed by atoms with van der Waals surface area (Å²) in [6.45, 7) is 0.539. The zero-order valence-electron chi connectivity index (χ0n) is 17.4. The SMILES string of the molecule is COc1cc2c(cc1OC)C(c1cccc(Cl)c1F)N(c1nc(N)nc3[nH]cnc13)CC2. The molecule has 32 heavy (non-hydrogen) atoms. The van der Waals surface area contributed by atoms with Gasteiger partial charge in [-0.25, -0.2) is 9.37 Å². The lowest BCUT2D eigenvalue weighted by molar-refractivity contribution is 0.353. The molecule has 0 aliphatic carbocycles. The smallest absolute Gasteiger partial charge is 0.224 e. The van der Waals surface area contributed by atoms with E-state index in [1.807, 2.05) is 17.0 Å². The van der Waals surface area contributed by atoms with Crippen molar-refractivity contribution in [2.45, 2.75) is 12.5 Å². The minimum atomic E-state index is -0.550. The van der Waals surface area contributed by atoms with Crippen LogP contribution >= 0.6 is 11.6 Å². The van der Waals surface area contributed by atoms with E-state index >= 15 is 4.39 Å². The van der Waals surface area contributed by atoms with Crippen molar-refractivity contribution in [3.63, 3.8) is 0 Å². The Balaban J connectivity index is 1.78. The quantitative estimate of drug-likeness (QED) is 0.482. The van der Waals surface area contributed by atoms with Crippen molar-refractivity contribution in [2.75, 3.05) is 31.4 Å². The molecule has 1 aliphatic rings. The molecule has 3 heterocycles. The number of fused-ring (bicyclic) bond motifs is 2. The topological polar surface area (TPSA) is 102 Å². The molecule has 0 fully saturated rings. The van der Waals surface area contributed by atoms with E-state index in [-0.39, 0.29) is 11.0 Å². The number of aromatic nitrogens is 4. The number of methoxy groups -OCH3 is 2. The molecule has 3 N–H and O–H groups in total. The molecule has 1 unspecified atom stereocenters. The van der Waals surface area contributed by atoms with Gasteiger partial charge in [-0.15, -0.1) is 0 Å². The molecule has 8 nitrogen and oxygen atoms in total. The summed E-state index contributed by atoms with van der Waals surface area (Å²) in [5.74, 6) is 1.28. The van der Waals surface area contributed by atoms with E-state index in [0.717, 1.165) is 11.1 Å². The van der Waals surface area contributed by atoms with Gasteiger partial charge in [-0.05, 0) is 35.7 Å². The number of aromatic amines is 1. The van der Waals surface area contributed by atoms with Crippen molar-refractivity contribution in [3.8, 4) is 11.5 Å². The minimum absolute atomic E-state index is 0.0437. The Morgan fingerprint density at radius 1 is 1.16 bits per heavy atom. The number of nitrogens with two attached hydrogens (primary N) is 1. The molecule has 0 saturated carbocycles. The van der Waals surface area contributed by atoms with Crippen molar-refractivity contribution >= 4 is 34.5 Å². The number of halogens is 2. The van der Waals surface area contributed by atoms with Gasteiger partial charge in [0, 0.05) is 12.1 Å². The van der Waals surface area contributed by atoms with Crippen LogP contribution in [0.15, 0.2) is 36.7 Å². The van der Waals surface area contributed by atoms with E-state index in [1.54, 1.807) is 26.4 Å². The summed E-state index contributed by atoms with van der Waals surface area (Å²) in [6, 6.07) is 8.23. The van der Waals surface area contributed by atoms with Crippen LogP contribution in [0.5, 0.6) is 11.5 Å². The first kappa shape index (κ1) is 20.3. The van der Waals surface area contributed by atoms with E-state index in [2.05, 4.69) is 19.9 Å². The second kappa shape index (κ2) is 7.83. The number of hydrogen-bond acceptors (Lipinski definition) is 7. The molecule has 0 bridgehead atoms. The number of anilines is 2. The summed E-state index contributed by atoms with van der Waals surface area (Å²) >= 11 is 6.16. The number of imidazole rings is 1. The summed E-state index contributed by atoms with van der Waals surface area (Å²) in [6.07, 6.45) is 2.20. The van der Waals surface area contributed by atoms with Crippen molar-refractivity contribution in [1.29, 1.82) is 0 Å². The van der Waals surface area contributed by atoms with Crippen LogP contribution in [0.25, 0.3) is 11.2 Å². The van der Waals surface area contributed by atoms with E-state index < -0.39 is 11.9 Å². The normalized spacial score (nSPS) is 15.6. The Hall–Kier alpha value is -3.59. The number of rotatable bonds is 4. The lowest BCUT2D eigenvalue weighted by atomic mass is 9.87. The lowest BCUT2D eigenvalue weighted by Crippen LogP contribution is -2.37. The van der Waals surface area contributed by atoms with Gasteiger partial charge in [-0.2, -0.15) is 9.97 Å². The zero-order valence-corrected chi connectivity index (χ0v) is 18.2. The van der Waals surface area contributed by atoms with Gasteiger partial charge in [0.15, 0.2) is 28.5 Å². The van der Waals surface area contributed by atoms with Gasteiger partial charge in [-0.1, -0.05) is 23.7 Å². The standard InChI is InChI=1S/C22H20ClFN6O2/c1-31-15-8-11-6-7-30(21-18-20(27-10-26-18)28-22(25)29-21)19(13(11)9-16(15)32-2)12-4-3-5-14(23)17(12)24/h3-5,8-10,19H,6-7H2,1-2H3,(H3,25,26,27,28,29). The summed E-state index contributed by atoms with van der Waals surface area (Å²) in [7, 11) is 3.16. The number of nitrogens with zero attached hydrogens (tertiary/aromatic N) is 4. The molecule has 0 radical (unpaired) electrons. The van der Waals surface area contributed by atoms with E-state index in [1.165, 1.54) is 12.4 Å². The molecule has 2 aromatic carbocycles. The van der Waals surface area contributed by atoms with E-state index in [4.69, 9.17) is 26.8 Å². The fraction of sp³-hybridized carbons (Fsp3) is 0.227. The van der Waals surface area contributed by atoms with Crippen molar-refractivity contribution < 1.29 is 13.9 Å². The van der Waals surface area contributed by atoms with Crippen LogP contribution in [0, 0.1) is 5.82 Å². The predicted octanol–water partition coefficient (Wildman–Crippen LogP) is 3.90. The lowest BCUT2D eigenvalue weighted by Gasteiger charge is -2.39. The monoisotopic (exact) mass is 454 g/mol.